The third-order valence-corrected chi connectivity index (χ3v) is 4.71. The Morgan fingerprint density at radius 3 is 2.42 bits per heavy atom. The minimum atomic E-state index is -0.216. The average Bonchev–Trinajstić information content (AvgIpc) is 2.64. The topological polar surface area (TPSA) is 54.0 Å². The molecule has 1 aromatic heterocycles. The molecule has 0 aliphatic heterocycles. The maximum absolute atomic E-state index is 12.7. The first kappa shape index (κ1) is 18.1. The number of nitrogens with zero attached hydrogens (tertiary/aromatic N) is 1. The summed E-state index contributed by atoms with van der Waals surface area (Å²) in [5.74, 6) is 0.783. The molecule has 0 fully saturated rings. The second-order valence-electron chi connectivity index (χ2n) is 6.24. The van der Waals surface area contributed by atoms with Crippen molar-refractivity contribution in [1.82, 2.24) is 4.98 Å². The van der Waals surface area contributed by atoms with Crippen LogP contribution in [0.5, 0.6) is 0 Å². The molecule has 1 amide bonds. The van der Waals surface area contributed by atoms with Crippen molar-refractivity contribution in [2.45, 2.75) is 19.8 Å². The fourth-order valence-electron chi connectivity index (χ4n) is 2.53. The highest BCUT2D eigenvalue weighted by molar-refractivity contribution is 9.10. The largest absolute Gasteiger partial charge is 0.340 e. The molecule has 0 saturated carbocycles. The predicted octanol–water partition coefficient (Wildman–Crippen LogP) is 5.96. The zero-order valence-electron chi connectivity index (χ0n) is 14.7. The summed E-state index contributed by atoms with van der Waals surface area (Å²) in [6, 6.07) is 19.2. The maximum Gasteiger partial charge on any atom is 0.259 e. The van der Waals surface area contributed by atoms with Gasteiger partial charge in [0.25, 0.3) is 5.91 Å². The monoisotopic (exact) mass is 409 g/mol. The summed E-state index contributed by atoms with van der Waals surface area (Å²) in [5.41, 5.74) is 3.36. The number of hydrogen-bond donors (Lipinski definition) is 2. The van der Waals surface area contributed by atoms with Crippen molar-refractivity contribution in [3.8, 4) is 0 Å². The van der Waals surface area contributed by atoms with E-state index in [0.29, 0.717) is 23.0 Å². The van der Waals surface area contributed by atoms with E-state index in [0.717, 1.165) is 10.2 Å². The third kappa shape index (κ3) is 4.29. The number of pyridine rings is 1. The first-order chi connectivity index (χ1) is 12.5. The standard InChI is InChI=1S/C21H20BrN3O/c1-14(2)15-9-11-16(12-10-15)24-20-17(6-5-13-23-20)21(26)25-19-8-4-3-7-18(19)22/h3-14H,1-2H3,(H,23,24)(H,25,26). The highest BCUT2D eigenvalue weighted by Gasteiger charge is 2.14. The lowest BCUT2D eigenvalue weighted by Gasteiger charge is -2.13. The molecule has 1 heterocycles. The summed E-state index contributed by atoms with van der Waals surface area (Å²) < 4.78 is 0.830. The number of amides is 1. The van der Waals surface area contributed by atoms with E-state index in [2.05, 4.69) is 57.5 Å². The zero-order valence-corrected chi connectivity index (χ0v) is 16.2. The van der Waals surface area contributed by atoms with E-state index >= 15 is 0 Å². The van der Waals surface area contributed by atoms with Crippen molar-refractivity contribution in [2.75, 3.05) is 10.6 Å². The van der Waals surface area contributed by atoms with Crippen LogP contribution in [0.15, 0.2) is 71.3 Å². The van der Waals surface area contributed by atoms with Crippen molar-refractivity contribution in [3.05, 3.63) is 82.5 Å². The van der Waals surface area contributed by atoms with Gasteiger partial charge in [-0.05, 0) is 63.8 Å². The molecule has 2 N–H and O–H groups in total. The van der Waals surface area contributed by atoms with Crippen molar-refractivity contribution in [1.29, 1.82) is 0 Å². The Labute approximate surface area is 161 Å². The second-order valence-corrected chi connectivity index (χ2v) is 7.09. The molecular formula is C21H20BrN3O. The van der Waals surface area contributed by atoms with Crippen LogP contribution < -0.4 is 10.6 Å². The summed E-state index contributed by atoms with van der Waals surface area (Å²) in [4.78, 5) is 17.0. The number of anilines is 3. The van der Waals surface area contributed by atoms with Gasteiger partial charge in [-0.3, -0.25) is 4.79 Å². The number of carbonyl (C=O) groups is 1. The fourth-order valence-corrected chi connectivity index (χ4v) is 2.91. The number of halogens is 1. The van der Waals surface area contributed by atoms with E-state index in [1.165, 1.54) is 5.56 Å². The van der Waals surface area contributed by atoms with Crippen LogP contribution in [-0.2, 0) is 0 Å². The summed E-state index contributed by atoms with van der Waals surface area (Å²) in [6.07, 6.45) is 1.67. The highest BCUT2D eigenvalue weighted by atomic mass is 79.9. The van der Waals surface area contributed by atoms with Gasteiger partial charge in [0.15, 0.2) is 0 Å². The van der Waals surface area contributed by atoms with E-state index in [-0.39, 0.29) is 5.91 Å². The van der Waals surface area contributed by atoms with Crippen molar-refractivity contribution in [3.63, 3.8) is 0 Å². The van der Waals surface area contributed by atoms with Gasteiger partial charge in [0, 0.05) is 16.4 Å². The van der Waals surface area contributed by atoms with Crippen LogP contribution >= 0.6 is 15.9 Å². The summed E-state index contributed by atoms with van der Waals surface area (Å²) >= 11 is 3.44. The second kappa shape index (κ2) is 8.15. The van der Waals surface area contributed by atoms with E-state index in [4.69, 9.17) is 0 Å². The quantitative estimate of drug-likeness (QED) is 0.546. The van der Waals surface area contributed by atoms with Crippen LogP contribution in [0.3, 0.4) is 0 Å². The molecule has 0 bridgehead atoms. The zero-order chi connectivity index (χ0) is 18.5. The van der Waals surface area contributed by atoms with Gasteiger partial charge in [0.05, 0.1) is 11.3 Å². The lowest BCUT2D eigenvalue weighted by molar-refractivity contribution is 0.102. The summed E-state index contributed by atoms with van der Waals surface area (Å²) in [5, 5.41) is 6.15. The number of para-hydroxylation sites is 1. The predicted molar refractivity (Wildman–Crippen MR) is 110 cm³/mol. The molecule has 2 aromatic carbocycles. The molecule has 0 aliphatic carbocycles. The van der Waals surface area contributed by atoms with Crippen LogP contribution in [0.1, 0.15) is 35.7 Å². The van der Waals surface area contributed by atoms with Gasteiger partial charge in [-0.25, -0.2) is 4.98 Å². The third-order valence-electron chi connectivity index (χ3n) is 4.01. The maximum atomic E-state index is 12.7. The summed E-state index contributed by atoms with van der Waals surface area (Å²) in [6.45, 7) is 4.32. The minimum absolute atomic E-state index is 0.216. The molecule has 3 aromatic rings. The molecule has 4 nitrogen and oxygen atoms in total. The Balaban J connectivity index is 1.81. The van der Waals surface area contributed by atoms with E-state index in [1.807, 2.05) is 36.4 Å². The van der Waals surface area contributed by atoms with Crippen molar-refractivity contribution in [2.24, 2.45) is 0 Å². The first-order valence-corrected chi connectivity index (χ1v) is 9.22. The number of carbonyl (C=O) groups excluding carboxylic acids is 1. The lowest BCUT2D eigenvalue weighted by atomic mass is 10.0. The molecule has 0 aliphatic rings. The number of nitrogens with one attached hydrogen (secondary N) is 2. The molecule has 0 saturated heterocycles. The number of benzene rings is 2. The minimum Gasteiger partial charge on any atom is -0.340 e. The molecule has 0 spiro atoms. The van der Waals surface area contributed by atoms with Gasteiger partial charge in [-0.15, -0.1) is 0 Å². The molecule has 26 heavy (non-hydrogen) atoms. The lowest BCUT2D eigenvalue weighted by Crippen LogP contribution is -2.15. The Hall–Kier alpha value is -2.66. The molecule has 0 atom stereocenters. The Kier molecular flexibility index (Phi) is 5.68. The number of aromatic nitrogens is 1. The van der Waals surface area contributed by atoms with Gasteiger partial charge in [0.1, 0.15) is 5.82 Å². The Morgan fingerprint density at radius 2 is 1.73 bits per heavy atom. The van der Waals surface area contributed by atoms with Gasteiger partial charge in [-0.2, -0.15) is 0 Å². The van der Waals surface area contributed by atoms with Crippen LogP contribution in [0.2, 0.25) is 0 Å². The Morgan fingerprint density at radius 1 is 1.00 bits per heavy atom. The molecule has 5 heteroatoms. The van der Waals surface area contributed by atoms with Gasteiger partial charge < -0.3 is 10.6 Å². The average molecular weight is 410 g/mol. The van der Waals surface area contributed by atoms with Gasteiger partial charge in [-0.1, -0.05) is 38.1 Å². The smallest absolute Gasteiger partial charge is 0.259 e. The van der Waals surface area contributed by atoms with Gasteiger partial charge in [0.2, 0.25) is 0 Å². The fraction of sp³-hybridized carbons (Fsp3) is 0.143. The molecule has 0 radical (unpaired) electrons. The molecule has 132 valence electrons. The first-order valence-electron chi connectivity index (χ1n) is 8.42. The number of hydrogen-bond acceptors (Lipinski definition) is 3. The van der Waals surface area contributed by atoms with Crippen molar-refractivity contribution < 1.29 is 4.79 Å². The SMILES string of the molecule is CC(C)c1ccc(Nc2ncccc2C(=O)Nc2ccccc2Br)cc1. The van der Waals surface area contributed by atoms with E-state index in [9.17, 15) is 4.79 Å². The van der Waals surface area contributed by atoms with Gasteiger partial charge >= 0.3 is 0 Å². The van der Waals surface area contributed by atoms with Crippen LogP contribution in [-0.4, -0.2) is 10.9 Å². The van der Waals surface area contributed by atoms with E-state index < -0.39 is 0 Å². The van der Waals surface area contributed by atoms with E-state index in [1.54, 1.807) is 18.3 Å². The molecule has 3 rings (SSSR count). The highest BCUT2D eigenvalue weighted by Crippen LogP contribution is 2.25. The Bertz CT molecular complexity index is 907. The summed E-state index contributed by atoms with van der Waals surface area (Å²) in [7, 11) is 0. The van der Waals surface area contributed by atoms with Crippen LogP contribution in [0.4, 0.5) is 17.2 Å². The molecular weight excluding hydrogens is 390 g/mol. The van der Waals surface area contributed by atoms with Crippen LogP contribution in [0, 0.1) is 0 Å². The van der Waals surface area contributed by atoms with Crippen molar-refractivity contribution >= 4 is 39.0 Å². The molecule has 0 unspecified atom stereocenters. The number of rotatable bonds is 5. The van der Waals surface area contributed by atoms with Crippen LogP contribution in [0.25, 0.3) is 0 Å². The normalized spacial score (nSPS) is 10.6.